The zero-order chi connectivity index (χ0) is 25.9. The fourth-order valence-electron chi connectivity index (χ4n) is 5.18. The van der Waals surface area contributed by atoms with E-state index in [4.69, 9.17) is 9.72 Å². The highest BCUT2D eigenvalue weighted by Gasteiger charge is 2.31. The number of pyridine rings is 2. The van der Waals surface area contributed by atoms with E-state index in [1.54, 1.807) is 24.4 Å². The third-order valence-electron chi connectivity index (χ3n) is 7.00. The highest BCUT2D eigenvalue weighted by Crippen LogP contribution is 2.31. The van der Waals surface area contributed by atoms with E-state index in [2.05, 4.69) is 15.2 Å². The summed E-state index contributed by atoms with van der Waals surface area (Å²) >= 11 is 0. The van der Waals surface area contributed by atoms with Crippen LogP contribution in [0.25, 0.3) is 10.9 Å². The molecule has 0 bridgehead atoms. The van der Waals surface area contributed by atoms with Gasteiger partial charge in [0.15, 0.2) is 0 Å². The van der Waals surface area contributed by atoms with Crippen LogP contribution in [0.5, 0.6) is 5.88 Å². The van der Waals surface area contributed by atoms with E-state index in [-0.39, 0.29) is 24.2 Å². The van der Waals surface area contributed by atoms with Gasteiger partial charge < -0.3 is 25.2 Å². The summed E-state index contributed by atoms with van der Waals surface area (Å²) in [6.07, 6.45) is 3.38. The topological polar surface area (TPSA) is 128 Å². The molecule has 0 radical (unpaired) electrons. The normalized spacial score (nSPS) is 18.3. The first-order valence-corrected chi connectivity index (χ1v) is 12.6. The molecular formula is C27H31N5O5. The lowest BCUT2D eigenvalue weighted by atomic mass is 10.1. The number of fused-ring (bicyclic) bond motifs is 1. The lowest BCUT2D eigenvalue weighted by molar-refractivity contribution is -0.137. The maximum absolute atomic E-state index is 13.7. The van der Waals surface area contributed by atoms with Crippen molar-refractivity contribution in [1.29, 1.82) is 0 Å². The molecule has 2 fully saturated rings. The van der Waals surface area contributed by atoms with Crippen LogP contribution in [0, 0.1) is 6.92 Å². The molecule has 2 aliphatic rings. The molecule has 0 spiro atoms. The number of morpholine rings is 1. The van der Waals surface area contributed by atoms with Gasteiger partial charge in [-0.3, -0.25) is 14.5 Å². The van der Waals surface area contributed by atoms with Gasteiger partial charge in [0.25, 0.3) is 5.91 Å². The molecular weight excluding hydrogens is 474 g/mol. The van der Waals surface area contributed by atoms with Crippen LogP contribution in [0.15, 0.2) is 36.5 Å². The molecule has 0 aliphatic carbocycles. The average Bonchev–Trinajstić information content (AvgIpc) is 3.32. The van der Waals surface area contributed by atoms with E-state index in [1.165, 1.54) is 0 Å². The number of amides is 1. The van der Waals surface area contributed by atoms with Gasteiger partial charge in [-0.1, -0.05) is 0 Å². The van der Waals surface area contributed by atoms with Crippen molar-refractivity contribution in [2.45, 2.75) is 38.8 Å². The van der Waals surface area contributed by atoms with E-state index in [0.29, 0.717) is 48.9 Å². The van der Waals surface area contributed by atoms with Gasteiger partial charge in [0.05, 0.1) is 30.7 Å². The maximum Gasteiger partial charge on any atom is 0.305 e. The van der Waals surface area contributed by atoms with E-state index in [9.17, 15) is 19.8 Å². The highest BCUT2D eigenvalue weighted by atomic mass is 16.5. The van der Waals surface area contributed by atoms with Crippen LogP contribution in [0.1, 0.15) is 40.7 Å². The van der Waals surface area contributed by atoms with Crippen molar-refractivity contribution in [1.82, 2.24) is 14.9 Å². The third-order valence-corrected chi connectivity index (χ3v) is 7.00. The molecule has 1 atom stereocenters. The van der Waals surface area contributed by atoms with Gasteiger partial charge >= 0.3 is 5.97 Å². The molecule has 3 aromatic rings. The number of nitrogens with one attached hydrogen (secondary N) is 1. The summed E-state index contributed by atoms with van der Waals surface area (Å²) < 4.78 is 5.45. The Morgan fingerprint density at radius 2 is 1.97 bits per heavy atom. The fourth-order valence-corrected chi connectivity index (χ4v) is 5.18. The fraction of sp³-hybridized carbons (Fsp3) is 0.407. The second-order valence-electron chi connectivity index (χ2n) is 9.67. The van der Waals surface area contributed by atoms with Crippen LogP contribution in [0.3, 0.4) is 0 Å². The number of carboxylic acid groups (broad SMARTS) is 1. The lowest BCUT2D eigenvalue weighted by Crippen LogP contribution is -2.36. The average molecular weight is 506 g/mol. The molecule has 2 saturated heterocycles. The van der Waals surface area contributed by atoms with E-state index in [0.717, 1.165) is 42.4 Å². The van der Waals surface area contributed by atoms with Crippen molar-refractivity contribution in [3.05, 3.63) is 53.2 Å². The number of hydrogen-bond acceptors (Lipinski definition) is 8. The van der Waals surface area contributed by atoms with Crippen LogP contribution >= 0.6 is 0 Å². The molecule has 1 aromatic carbocycles. The van der Waals surface area contributed by atoms with E-state index >= 15 is 0 Å². The number of carboxylic acids is 1. The predicted molar refractivity (Wildman–Crippen MR) is 139 cm³/mol. The second-order valence-corrected chi connectivity index (χ2v) is 9.67. The largest absolute Gasteiger partial charge is 0.493 e. The number of nitrogens with zero attached hydrogens (tertiary/aromatic N) is 4. The molecule has 1 unspecified atom stereocenters. The number of carbonyl (C=O) groups is 2. The van der Waals surface area contributed by atoms with Crippen LogP contribution in [-0.2, 0) is 16.1 Å². The zero-order valence-corrected chi connectivity index (χ0v) is 20.8. The number of aryl methyl sites for hydroxylation is 1. The number of ether oxygens (including phenoxy) is 1. The molecule has 0 saturated carbocycles. The summed E-state index contributed by atoms with van der Waals surface area (Å²) in [7, 11) is 0. The Bertz CT molecular complexity index is 1320. The third kappa shape index (κ3) is 5.65. The zero-order valence-electron chi connectivity index (χ0n) is 20.8. The van der Waals surface area contributed by atoms with Crippen molar-refractivity contribution < 1.29 is 24.5 Å². The van der Waals surface area contributed by atoms with Crippen molar-refractivity contribution in [2.24, 2.45) is 0 Å². The molecule has 3 N–H and O–H groups in total. The molecule has 194 valence electrons. The monoisotopic (exact) mass is 505 g/mol. The Morgan fingerprint density at radius 1 is 1.16 bits per heavy atom. The SMILES string of the molecule is Cc1cc(O)nc2ccc(NC(=O)c3cc(CN4CCOCC4)cnc3N3CCCC3CC(=O)O)cc12. The molecule has 10 heteroatoms. The molecule has 10 nitrogen and oxygen atoms in total. The summed E-state index contributed by atoms with van der Waals surface area (Å²) in [5.41, 5.74) is 3.42. The Labute approximate surface area is 214 Å². The van der Waals surface area contributed by atoms with E-state index in [1.807, 2.05) is 24.0 Å². The van der Waals surface area contributed by atoms with Crippen molar-refractivity contribution in [3.8, 4) is 5.88 Å². The van der Waals surface area contributed by atoms with Crippen molar-refractivity contribution in [2.75, 3.05) is 43.1 Å². The number of benzene rings is 1. The van der Waals surface area contributed by atoms with Gasteiger partial charge in [0, 0.05) is 55.6 Å². The first kappa shape index (κ1) is 24.9. The molecule has 1 amide bonds. The predicted octanol–water partition coefficient (Wildman–Crippen LogP) is 3.17. The van der Waals surface area contributed by atoms with Gasteiger partial charge in [0.1, 0.15) is 5.82 Å². The van der Waals surface area contributed by atoms with Crippen LogP contribution < -0.4 is 10.2 Å². The number of hydrogen-bond donors (Lipinski definition) is 3. The Morgan fingerprint density at radius 3 is 2.76 bits per heavy atom. The summed E-state index contributed by atoms with van der Waals surface area (Å²) in [6, 6.07) is 8.59. The van der Waals surface area contributed by atoms with Crippen LogP contribution in [0.4, 0.5) is 11.5 Å². The lowest BCUT2D eigenvalue weighted by Gasteiger charge is -2.28. The molecule has 2 aliphatic heterocycles. The Balaban J connectivity index is 1.46. The van der Waals surface area contributed by atoms with Crippen molar-refractivity contribution in [3.63, 3.8) is 0 Å². The van der Waals surface area contributed by atoms with Crippen molar-refractivity contribution >= 4 is 34.3 Å². The minimum absolute atomic E-state index is 0.00205. The number of rotatable bonds is 7. The smallest absolute Gasteiger partial charge is 0.305 e. The van der Waals surface area contributed by atoms with Gasteiger partial charge in [-0.2, -0.15) is 0 Å². The summed E-state index contributed by atoms with van der Waals surface area (Å²) in [4.78, 5) is 38.2. The summed E-state index contributed by atoms with van der Waals surface area (Å²) in [5.74, 6) is -0.708. The summed E-state index contributed by atoms with van der Waals surface area (Å²) in [6.45, 7) is 6.17. The van der Waals surface area contributed by atoms with Crippen LogP contribution in [-0.4, -0.2) is 75.8 Å². The maximum atomic E-state index is 13.7. The minimum atomic E-state index is -0.863. The number of aliphatic carboxylic acids is 1. The van der Waals surface area contributed by atoms with Crippen LogP contribution in [0.2, 0.25) is 0 Å². The van der Waals surface area contributed by atoms with Gasteiger partial charge in [-0.25, -0.2) is 9.97 Å². The number of anilines is 2. The van der Waals surface area contributed by atoms with Gasteiger partial charge in [-0.15, -0.1) is 0 Å². The van der Waals surface area contributed by atoms with Gasteiger partial charge in [0.2, 0.25) is 5.88 Å². The first-order chi connectivity index (χ1) is 17.9. The number of aromatic nitrogens is 2. The second kappa shape index (κ2) is 10.7. The molecule has 5 rings (SSSR count). The number of aromatic hydroxyl groups is 1. The number of carbonyl (C=O) groups excluding carboxylic acids is 1. The highest BCUT2D eigenvalue weighted by molar-refractivity contribution is 6.08. The Hall–Kier alpha value is -3.76. The first-order valence-electron chi connectivity index (χ1n) is 12.6. The minimum Gasteiger partial charge on any atom is -0.493 e. The standard InChI is InChI=1S/C27H31N5O5/c1-17-11-24(33)30-23-5-4-19(13-21(17)23)29-27(36)22-12-18(16-31-7-9-37-10-8-31)15-28-26(22)32-6-2-3-20(32)14-25(34)35/h4-5,11-13,15,20H,2-3,6-10,14,16H2,1H3,(H,29,36)(H,30,33)(H,34,35). The van der Waals surface area contributed by atoms with E-state index < -0.39 is 5.97 Å². The quantitative estimate of drug-likeness (QED) is 0.443. The Kier molecular flexibility index (Phi) is 7.20. The molecule has 37 heavy (non-hydrogen) atoms. The molecule has 4 heterocycles. The summed E-state index contributed by atoms with van der Waals surface area (Å²) in [5, 5.41) is 23.0. The molecule has 2 aromatic heterocycles. The van der Waals surface area contributed by atoms with Gasteiger partial charge in [-0.05, 0) is 55.2 Å².